The number of anilines is 1. The predicted molar refractivity (Wildman–Crippen MR) is 134 cm³/mol. The molecule has 0 radical (unpaired) electrons. The first-order valence-corrected chi connectivity index (χ1v) is 13.5. The Morgan fingerprint density at radius 1 is 1.19 bits per heavy atom. The van der Waals surface area contributed by atoms with Crippen molar-refractivity contribution in [3.8, 4) is 16.9 Å². The van der Waals surface area contributed by atoms with Crippen LogP contribution in [0.4, 0.5) is 10.2 Å². The summed E-state index contributed by atoms with van der Waals surface area (Å²) in [7, 11) is -3.76. The molecule has 1 aromatic heterocycles. The number of amides is 1. The molecule has 0 atom stereocenters. The number of carbonyl (C=O) groups excluding carboxylic acids is 1. The quantitative estimate of drug-likeness (QED) is 0.499. The fourth-order valence-electron chi connectivity index (χ4n) is 4.20. The number of nitrogens with one attached hydrogen (secondary N) is 1. The minimum Gasteiger partial charge on any atom is -0.491 e. The summed E-state index contributed by atoms with van der Waals surface area (Å²) in [5.74, 6) is 0.0683. The van der Waals surface area contributed by atoms with Gasteiger partial charge in [0.05, 0.1) is 13.2 Å². The summed E-state index contributed by atoms with van der Waals surface area (Å²) >= 11 is 0. The zero-order valence-corrected chi connectivity index (χ0v) is 20.9. The molecule has 2 N–H and O–H groups in total. The number of aromatic nitrogens is 1. The van der Waals surface area contributed by atoms with Gasteiger partial charge in [-0.2, -0.15) is 0 Å². The lowest BCUT2D eigenvalue weighted by molar-refractivity contribution is 0.0731. The Labute approximate surface area is 209 Å². The summed E-state index contributed by atoms with van der Waals surface area (Å²) in [4.78, 5) is 19.0. The van der Waals surface area contributed by atoms with Gasteiger partial charge in [-0.15, -0.1) is 0 Å². The van der Waals surface area contributed by atoms with Crippen molar-refractivity contribution in [2.75, 3.05) is 37.9 Å². The van der Waals surface area contributed by atoms with Gasteiger partial charge in [0.25, 0.3) is 5.91 Å². The molecule has 0 saturated carbocycles. The second-order valence-corrected chi connectivity index (χ2v) is 10.5. The average Bonchev–Trinajstić information content (AvgIpc) is 3.08. The zero-order valence-electron chi connectivity index (χ0n) is 20.1. The van der Waals surface area contributed by atoms with Gasteiger partial charge >= 0.3 is 0 Å². The highest BCUT2D eigenvalue weighted by Gasteiger charge is 2.27. The lowest BCUT2D eigenvalue weighted by Crippen LogP contribution is -2.33. The number of benzene rings is 2. The maximum absolute atomic E-state index is 15.0. The number of aliphatic hydroxyl groups excluding tert-OH is 1. The summed E-state index contributed by atoms with van der Waals surface area (Å²) < 4.78 is 44.7. The summed E-state index contributed by atoms with van der Waals surface area (Å²) in [6.45, 7) is 2.94. The van der Waals surface area contributed by atoms with Gasteiger partial charge in [-0.3, -0.25) is 4.79 Å². The van der Waals surface area contributed by atoms with E-state index >= 15 is 4.39 Å². The zero-order chi connectivity index (χ0) is 25.9. The number of pyridine rings is 1. The molecule has 10 heteroatoms. The van der Waals surface area contributed by atoms with E-state index in [4.69, 9.17) is 9.84 Å². The first kappa shape index (κ1) is 25.6. The molecule has 4 rings (SSSR count). The molecule has 36 heavy (non-hydrogen) atoms. The van der Waals surface area contributed by atoms with E-state index in [-0.39, 0.29) is 43.2 Å². The van der Waals surface area contributed by atoms with Crippen molar-refractivity contribution in [1.82, 2.24) is 9.88 Å². The number of hydrogen-bond acceptors (Lipinski definition) is 7. The third-order valence-corrected chi connectivity index (χ3v) is 7.15. The topological polar surface area (TPSA) is 109 Å². The number of halogens is 1. The van der Waals surface area contributed by atoms with Gasteiger partial charge in [0, 0.05) is 47.8 Å². The molecule has 3 aromatic rings. The summed E-state index contributed by atoms with van der Waals surface area (Å²) in [5.41, 5.74) is 2.80. The van der Waals surface area contributed by atoms with Gasteiger partial charge in [-0.25, -0.2) is 17.8 Å². The Morgan fingerprint density at radius 2 is 1.97 bits per heavy atom. The summed E-state index contributed by atoms with van der Waals surface area (Å²) in [6.07, 6.45) is 2.85. The third kappa shape index (κ3) is 5.34. The number of aliphatic hydroxyl groups is 1. The predicted octanol–water partition coefficient (Wildman–Crippen LogP) is 3.29. The minimum atomic E-state index is -3.76. The Kier molecular flexibility index (Phi) is 7.56. The van der Waals surface area contributed by atoms with Crippen LogP contribution in [0.3, 0.4) is 0 Å². The highest BCUT2D eigenvalue weighted by molar-refractivity contribution is 7.90. The fourth-order valence-corrected chi connectivity index (χ4v) is 4.97. The molecular formula is C26H28FN3O5S. The van der Waals surface area contributed by atoms with Gasteiger partial charge in [0.2, 0.25) is 0 Å². The van der Waals surface area contributed by atoms with Crippen molar-refractivity contribution in [3.63, 3.8) is 0 Å². The van der Waals surface area contributed by atoms with Crippen LogP contribution < -0.4 is 10.1 Å². The molecule has 0 spiro atoms. The van der Waals surface area contributed by atoms with Crippen LogP contribution in [0.15, 0.2) is 53.6 Å². The number of carbonyl (C=O) groups is 1. The molecular weight excluding hydrogens is 485 g/mol. The fraction of sp³-hybridized carbons (Fsp3) is 0.308. The van der Waals surface area contributed by atoms with Crippen LogP contribution in [-0.4, -0.2) is 61.9 Å². The van der Waals surface area contributed by atoms with Crippen LogP contribution in [0.25, 0.3) is 11.1 Å². The first-order chi connectivity index (χ1) is 17.2. The van der Waals surface area contributed by atoms with Gasteiger partial charge in [0.15, 0.2) is 9.84 Å². The van der Waals surface area contributed by atoms with Crippen LogP contribution in [-0.2, 0) is 22.8 Å². The molecule has 2 heterocycles. The van der Waals surface area contributed by atoms with E-state index in [1.165, 1.54) is 6.07 Å². The van der Waals surface area contributed by atoms with E-state index < -0.39 is 20.5 Å². The van der Waals surface area contributed by atoms with Gasteiger partial charge in [0.1, 0.15) is 28.9 Å². The van der Waals surface area contributed by atoms with Crippen LogP contribution in [0.5, 0.6) is 5.75 Å². The number of rotatable bonds is 7. The number of sulfone groups is 1. The number of fused-ring (bicyclic) bond motifs is 1. The molecule has 0 unspecified atom stereocenters. The molecule has 0 fully saturated rings. The summed E-state index contributed by atoms with van der Waals surface area (Å²) in [5, 5.41) is 11.9. The molecule has 8 nitrogen and oxygen atoms in total. The summed E-state index contributed by atoms with van der Waals surface area (Å²) in [6, 6.07) is 12.0. The molecule has 0 aliphatic carbocycles. The Balaban J connectivity index is 1.62. The van der Waals surface area contributed by atoms with Crippen molar-refractivity contribution in [1.29, 1.82) is 0 Å². The largest absolute Gasteiger partial charge is 0.491 e. The molecule has 2 aromatic carbocycles. The minimum absolute atomic E-state index is 0.0116. The molecule has 1 amide bonds. The second-order valence-electron chi connectivity index (χ2n) is 8.51. The van der Waals surface area contributed by atoms with E-state index in [0.29, 0.717) is 24.7 Å². The molecule has 1 aliphatic heterocycles. The molecule has 0 saturated heterocycles. The molecule has 1 aliphatic rings. The lowest BCUT2D eigenvalue weighted by atomic mass is 10.0. The van der Waals surface area contributed by atoms with Gasteiger partial charge in [-0.1, -0.05) is 13.0 Å². The highest BCUT2D eigenvalue weighted by Crippen LogP contribution is 2.31. The first-order valence-electron chi connectivity index (χ1n) is 11.6. The maximum Gasteiger partial charge on any atom is 0.254 e. The van der Waals surface area contributed by atoms with Crippen molar-refractivity contribution in [2.45, 2.75) is 24.8 Å². The van der Waals surface area contributed by atoms with E-state index in [2.05, 4.69) is 10.3 Å². The Bertz CT molecular complexity index is 1380. The maximum atomic E-state index is 15.0. The van der Waals surface area contributed by atoms with E-state index in [1.807, 2.05) is 30.3 Å². The van der Waals surface area contributed by atoms with Crippen molar-refractivity contribution >= 4 is 21.6 Å². The number of nitrogens with zero attached hydrogens (tertiary/aromatic N) is 2. The Morgan fingerprint density at radius 3 is 2.64 bits per heavy atom. The number of hydrogen-bond donors (Lipinski definition) is 2. The average molecular weight is 514 g/mol. The molecule has 0 bridgehead atoms. The van der Waals surface area contributed by atoms with E-state index in [1.54, 1.807) is 18.0 Å². The number of ether oxygens (including phenoxy) is 1. The molecule has 190 valence electrons. The van der Waals surface area contributed by atoms with E-state index in [9.17, 15) is 13.2 Å². The van der Waals surface area contributed by atoms with Crippen molar-refractivity contribution < 1.29 is 27.4 Å². The normalized spacial score (nSPS) is 13.5. The monoisotopic (exact) mass is 513 g/mol. The van der Waals surface area contributed by atoms with Crippen molar-refractivity contribution in [3.05, 3.63) is 71.2 Å². The van der Waals surface area contributed by atoms with Crippen LogP contribution in [0.2, 0.25) is 0 Å². The standard InChI is InChI=1S/C26H28FN3O5S/c1-3-20-21(6-8-23(25(20)27)36(2,33)34)26(32)30-11-13-35-22-7-4-17(14-19(22)16-30)18-5-9-24(29-15-18)28-10-12-31/h4-9,14-15,31H,3,10-13,16H2,1-2H3,(H,28,29). The van der Waals surface area contributed by atoms with Crippen LogP contribution in [0.1, 0.15) is 28.4 Å². The smallest absolute Gasteiger partial charge is 0.254 e. The SMILES string of the molecule is CCc1c(C(=O)N2CCOc3ccc(-c4ccc(NCCO)nc4)cc3C2)ccc(S(C)(=O)=O)c1F. The van der Waals surface area contributed by atoms with Crippen molar-refractivity contribution in [2.24, 2.45) is 0 Å². The van der Waals surface area contributed by atoms with E-state index in [0.717, 1.165) is 29.0 Å². The third-order valence-electron chi connectivity index (χ3n) is 6.03. The Hall–Kier alpha value is -3.50. The van der Waals surface area contributed by atoms with Gasteiger partial charge < -0.3 is 20.1 Å². The lowest BCUT2D eigenvalue weighted by Gasteiger charge is -2.22. The van der Waals surface area contributed by atoms with Gasteiger partial charge in [-0.05, 0) is 48.4 Å². The van der Waals surface area contributed by atoms with Crippen LogP contribution in [0, 0.1) is 5.82 Å². The van der Waals surface area contributed by atoms with Crippen LogP contribution >= 0.6 is 0 Å². The second kappa shape index (κ2) is 10.6. The highest BCUT2D eigenvalue weighted by atomic mass is 32.2.